The lowest BCUT2D eigenvalue weighted by atomic mass is 9.92. The zero-order chi connectivity index (χ0) is 19.4. The molecule has 5 heterocycles. The first kappa shape index (κ1) is 16.4. The van der Waals surface area contributed by atoms with Crippen LogP contribution in [0.1, 0.15) is 24.0 Å². The molecule has 7 heteroatoms. The summed E-state index contributed by atoms with van der Waals surface area (Å²) in [6.45, 7) is 0.645. The number of hydrogen-bond acceptors (Lipinski definition) is 5. The minimum Gasteiger partial charge on any atom is -0.345 e. The Balaban J connectivity index is 1.38. The van der Waals surface area contributed by atoms with Crippen molar-refractivity contribution in [3.63, 3.8) is 0 Å². The van der Waals surface area contributed by atoms with Crippen LogP contribution < -0.4 is 0 Å². The molecule has 0 radical (unpaired) electrons. The summed E-state index contributed by atoms with van der Waals surface area (Å²) < 4.78 is 1.79. The molecule has 0 amide bonds. The smallest absolute Gasteiger partial charge is 0.157 e. The van der Waals surface area contributed by atoms with E-state index < -0.39 is 0 Å². The van der Waals surface area contributed by atoms with Crippen LogP contribution in [0.25, 0.3) is 22.2 Å². The zero-order valence-electron chi connectivity index (χ0n) is 16.0. The maximum Gasteiger partial charge on any atom is 0.157 e. The average Bonchev–Trinajstić information content (AvgIpc) is 3.10. The number of amidine groups is 1. The summed E-state index contributed by atoms with van der Waals surface area (Å²) in [5.41, 5.74) is 6.32. The van der Waals surface area contributed by atoms with Crippen molar-refractivity contribution in [2.45, 2.75) is 18.3 Å². The number of fused-ring (bicyclic) bond motifs is 1. The zero-order valence-corrected chi connectivity index (χ0v) is 16.0. The van der Waals surface area contributed by atoms with Crippen LogP contribution >= 0.6 is 0 Å². The second-order valence-electron chi connectivity index (χ2n) is 7.75. The van der Waals surface area contributed by atoms with Crippen LogP contribution in [0.5, 0.6) is 0 Å². The van der Waals surface area contributed by atoms with Crippen molar-refractivity contribution in [1.82, 2.24) is 24.7 Å². The molecule has 0 saturated heterocycles. The molecule has 1 aliphatic heterocycles. The number of aliphatic imine (C=N–C) groups is 2. The minimum atomic E-state index is 0.0186. The van der Waals surface area contributed by atoms with Gasteiger partial charge in [-0.15, -0.1) is 0 Å². The molecule has 1 N–H and O–H groups in total. The lowest BCUT2D eigenvalue weighted by Gasteiger charge is -2.14. The number of nitrogens with zero attached hydrogens (tertiary/aromatic N) is 6. The molecule has 0 spiro atoms. The van der Waals surface area contributed by atoms with Crippen molar-refractivity contribution in [3.05, 3.63) is 66.5 Å². The van der Waals surface area contributed by atoms with E-state index in [1.165, 1.54) is 5.56 Å². The summed E-state index contributed by atoms with van der Waals surface area (Å²) >= 11 is 0. The molecule has 0 unspecified atom stereocenters. The van der Waals surface area contributed by atoms with Gasteiger partial charge in [-0.05, 0) is 30.5 Å². The lowest BCUT2D eigenvalue weighted by molar-refractivity contribution is 0.768. The van der Waals surface area contributed by atoms with E-state index >= 15 is 0 Å². The Labute approximate surface area is 167 Å². The van der Waals surface area contributed by atoms with Crippen LogP contribution in [-0.4, -0.2) is 42.8 Å². The third-order valence-electron chi connectivity index (χ3n) is 5.95. The number of hydrogen-bond donors (Lipinski definition) is 1. The van der Waals surface area contributed by atoms with Crippen molar-refractivity contribution >= 4 is 22.6 Å². The van der Waals surface area contributed by atoms with Crippen LogP contribution in [0.4, 0.5) is 0 Å². The molecule has 142 valence electrons. The Morgan fingerprint density at radius 3 is 2.83 bits per heavy atom. The number of aromatic amines is 1. The van der Waals surface area contributed by atoms with E-state index in [0.29, 0.717) is 6.54 Å². The number of aryl methyl sites for hydroxylation is 1. The Kier molecular flexibility index (Phi) is 3.35. The van der Waals surface area contributed by atoms with Gasteiger partial charge in [0.25, 0.3) is 0 Å². The molecule has 0 aromatic carbocycles. The van der Waals surface area contributed by atoms with Crippen molar-refractivity contribution in [3.8, 4) is 11.1 Å². The first-order chi connectivity index (χ1) is 14.2. The van der Waals surface area contributed by atoms with Crippen LogP contribution in [-0.2, 0) is 12.5 Å². The van der Waals surface area contributed by atoms with Crippen LogP contribution in [0.2, 0.25) is 0 Å². The van der Waals surface area contributed by atoms with Gasteiger partial charge in [0, 0.05) is 65.5 Å². The molecular weight excluding hydrogens is 362 g/mol. The van der Waals surface area contributed by atoms with Gasteiger partial charge in [0.2, 0.25) is 0 Å². The van der Waals surface area contributed by atoms with Gasteiger partial charge in [-0.3, -0.25) is 14.7 Å². The highest BCUT2D eigenvalue weighted by molar-refractivity contribution is 6.19. The van der Waals surface area contributed by atoms with Gasteiger partial charge in [-0.25, -0.2) is 9.98 Å². The number of pyridine rings is 2. The van der Waals surface area contributed by atoms with Crippen LogP contribution in [0.15, 0.2) is 65.4 Å². The first-order valence-corrected chi connectivity index (χ1v) is 9.72. The monoisotopic (exact) mass is 381 g/mol. The topological polar surface area (TPSA) is 84.1 Å². The molecule has 0 atom stereocenters. The molecule has 0 bridgehead atoms. The average molecular weight is 381 g/mol. The molecule has 1 saturated carbocycles. The van der Waals surface area contributed by atoms with Gasteiger partial charge >= 0.3 is 0 Å². The highest BCUT2D eigenvalue weighted by Gasteiger charge is 2.49. The predicted molar refractivity (Wildman–Crippen MR) is 112 cm³/mol. The lowest BCUT2D eigenvalue weighted by Crippen LogP contribution is -2.21. The number of rotatable bonds is 4. The van der Waals surface area contributed by atoms with Gasteiger partial charge in [-0.1, -0.05) is 6.07 Å². The summed E-state index contributed by atoms with van der Waals surface area (Å²) in [4.78, 5) is 21.9. The van der Waals surface area contributed by atoms with Gasteiger partial charge in [0.05, 0.1) is 18.5 Å². The van der Waals surface area contributed by atoms with E-state index in [9.17, 15) is 0 Å². The second kappa shape index (κ2) is 5.94. The SMILES string of the molecule is Cn1cc(-c2cnc3[nH]cc(C4=NCC(C5(c6cccnc6)CC5)=N4)c3c2)cn1. The molecule has 4 aromatic rings. The van der Waals surface area contributed by atoms with Crippen LogP contribution in [0, 0.1) is 0 Å². The maximum atomic E-state index is 4.97. The van der Waals surface area contributed by atoms with Gasteiger partial charge in [0.15, 0.2) is 5.84 Å². The molecule has 2 aliphatic rings. The number of aromatic nitrogens is 5. The van der Waals surface area contributed by atoms with E-state index in [1.54, 1.807) is 4.68 Å². The molecule has 4 aromatic heterocycles. The summed E-state index contributed by atoms with van der Waals surface area (Å²) in [6, 6.07) is 6.28. The van der Waals surface area contributed by atoms with Gasteiger partial charge < -0.3 is 4.98 Å². The largest absolute Gasteiger partial charge is 0.345 e. The highest BCUT2D eigenvalue weighted by Crippen LogP contribution is 2.50. The fourth-order valence-corrected chi connectivity index (χ4v) is 4.18. The second-order valence-corrected chi connectivity index (χ2v) is 7.75. The summed E-state index contributed by atoms with van der Waals surface area (Å²) in [7, 11) is 1.91. The van der Waals surface area contributed by atoms with E-state index in [-0.39, 0.29) is 5.41 Å². The Morgan fingerprint density at radius 2 is 2.07 bits per heavy atom. The third-order valence-corrected chi connectivity index (χ3v) is 5.95. The third kappa shape index (κ3) is 2.54. The molecule has 6 rings (SSSR count). The first-order valence-electron chi connectivity index (χ1n) is 9.72. The number of H-pyrrole nitrogens is 1. The van der Waals surface area contributed by atoms with Gasteiger partial charge in [0.1, 0.15) is 5.65 Å². The maximum absolute atomic E-state index is 4.97. The molecular formula is C22H19N7. The summed E-state index contributed by atoms with van der Waals surface area (Å²) in [6.07, 6.45) is 13.7. The highest BCUT2D eigenvalue weighted by atomic mass is 15.2. The quantitative estimate of drug-likeness (QED) is 0.589. The van der Waals surface area contributed by atoms with Gasteiger partial charge in [-0.2, -0.15) is 5.10 Å². The molecule has 1 aliphatic carbocycles. The summed E-state index contributed by atoms with van der Waals surface area (Å²) in [5, 5.41) is 5.29. The minimum absolute atomic E-state index is 0.0186. The summed E-state index contributed by atoms with van der Waals surface area (Å²) in [5.74, 6) is 0.784. The Bertz CT molecular complexity index is 1290. The van der Waals surface area contributed by atoms with Crippen molar-refractivity contribution < 1.29 is 0 Å². The van der Waals surface area contributed by atoms with Crippen molar-refractivity contribution in [2.75, 3.05) is 6.54 Å². The fraction of sp³-hybridized carbons (Fsp3) is 0.227. The molecule has 7 nitrogen and oxygen atoms in total. The Morgan fingerprint density at radius 1 is 1.14 bits per heavy atom. The van der Waals surface area contributed by atoms with Crippen molar-refractivity contribution in [1.29, 1.82) is 0 Å². The number of nitrogens with one attached hydrogen (secondary N) is 1. The van der Waals surface area contributed by atoms with E-state index in [4.69, 9.17) is 9.98 Å². The molecule has 1 fully saturated rings. The Hall–Kier alpha value is -3.61. The van der Waals surface area contributed by atoms with Crippen LogP contribution in [0.3, 0.4) is 0 Å². The fourth-order valence-electron chi connectivity index (χ4n) is 4.18. The van der Waals surface area contributed by atoms with Crippen molar-refractivity contribution in [2.24, 2.45) is 17.0 Å². The predicted octanol–water partition coefficient (Wildman–Crippen LogP) is 3.29. The molecule has 29 heavy (non-hydrogen) atoms. The van der Waals surface area contributed by atoms with E-state index in [1.807, 2.05) is 50.3 Å². The van der Waals surface area contributed by atoms with E-state index in [0.717, 1.165) is 52.1 Å². The standard InChI is InChI=1S/C22H19N7/c1-29-13-15(9-27-29)14-7-17-18(11-25-20(17)24-8-14)21-26-12-19(28-21)22(4-5-22)16-3-2-6-23-10-16/h2-3,6-11,13H,4-5,12H2,1H3,(H,24,25). The van der Waals surface area contributed by atoms with E-state index in [2.05, 4.69) is 32.2 Å². The normalized spacial score (nSPS) is 17.4.